The van der Waals surface area contributed by atoms with Crippen molar-refractivity contribution >= 4 is 23.1 Å². The van der Waals surface area contributed by atoms with Crippen LogP contribution in [0.25, 0.3) is 0 Å². The van der Waals surface area contributed by atoms with Crippen molar-refractivity contribution in [3.63, 3.8) is 0 Å². The smallest absolute Gasteiger partial charge is 0.170 e. The Bertz CT molecular complexity index is 689. The number of nitrogens with one attached hydrogen (secondary N) is 1. The van der Waals surface area contributed by atoms with Crippen molar-refractivity contribution in [1.82, 2.24) is 0 Å². The molecule has 6 heteroatoms. The van der Waals surface area contributed by atoms with Crippen LogP contribution in [-0.2, 0) is 6.54 Å². The number of oxime groups is 1. The van der Waals surface area contributed by atoms with Crippen LogP contribution in [0.5, 0.6) is 0 Å². The van der Waals surface area contributed by atoms with Crippen molar-refractivity contribution in [3.8, 4) is 0 Å². The number of rotatable bonds is 4. The van der Waals surface area contributed by atoms with Crippen LogP contribution in [0.15, 0.2) is 41.6 Å². The number of anilines is 1. The molecule has 0 saturated heterocycles. The first-order valence-electron chi connectivity index (χ1n) is 6.27. The molecule has 0 spiro atoms. The molecule has 0 heterocycles. The molecule has 0 fully saturated rings. The summed E-state index contributed by atoms with van der Waals surface area (Å²) in [6.45, 7) is 2.31. The largest absolute Gasteiger partial charge is 0.409 e. The van der Waals surface area contributed by atoms with E-state index in [4.69, 9.17) is 22.5 Å². The number of nitrogens with zero attached hydrogens (tertiary/aromatic N) is 1. The van der Waals surface area contributed by atoms with E-state index in [1.807, 2.05) is 25.1 Å². The average molecular weight is 308 g/mol. The van der Waals surface area contributed by atoms with Crippen molar-refractivity contribution in [2.24, 2.45) is 10.9 Å². The van der Waals surface area contributed by atoms with Crippen LogP contribution in [0.4, 0.5) is 10.1 Å². The van der Waals surface area contributed by atoms with Crippen LogP contribution in [-0.4, -0.2) is 11.0 Å². The Morgan fingerprint density at radius 1 is 1.33 bits per heavy atom. The van der Waals surface area contributed by atoms with Gasteiger partial charge >= 0.3 is 0 Å². The molecule has 0 aliphatic carbocycles. The summed E-state index contributed by atoms with van der Waals surface area (Å²) in [4.78, 5) is 0. The maximum absolute atomic E-state index is 13.3. The fraction of sp³-hybridized carbons (Fsp3) is 0.133. The second-order valence-electron chi connectivity index (χ2n) is 4.60. The molecule has 2 aromatic carbocycles. The van der Waals surface area contributed by atoms with E-state index in [0.717, 1.165) is 11.3 Å². The third kappa shape index (κ3) is 3.64. The predicted molar refractivity (Wildman–Crippen MR) is 82.4 cm³/mol. The van der Waals surface area contributed by atoms with Gasteiger partial charge in [-0.3, -0.25) is 0 Å². The maximum atomic E-state index is 13.3. The normalized spacial score (nSPS) is 11.5. The molecule has 0 saturated carbocycles. The highest BCUT2D eigenvalue weighted by Crippen LogP contribution is 2.21. The summed E-state index contributed by atoms with van der Waals surface area (Å²) in [7, 11) is 0. The van der Waals surface area contributed by atoms with E-state index in [9.17, 15) is 4.39 Å². The summed E-state index contributed by atoms with van der Waals surface area (Å²) in [6.07, 6.45) is 0. The Hall–Kier alpha value is -2.27. The first kappa shape index (κ1) is 15.1. The van der Waals surface area contributed by atoms with E-state index in [1.165, 1.54) is 12.1 Å². The van der Waals surface area contributed by atoms with Gasteiger partial charge in [0.05, 0.1) is 0 Å². The van der Waals surface area contributed by atoms with Gasteiger partial charge < -0.3 is 16.3 Å². The first-order valence-corrected chi connectivity index (χ1v) is 6.65. The van der Waals surface area contributed by atoms with Crippen LogP contribution in [0.2, 0.25) is 5.02 Å². The van der Waals surface area contributed by atoms with Gasteiger partial charge in [-0.25, -0.2) is 4.39 Å². The Morgan fingerprint density at radius 2 is 2.10 bits per heavy atom. The second-order valence-corrected chi connectivity index (χ2v) is 5.01. The molecule has 4 N–H and O–H groups in total. The lowest BCUT2D eigenvalue weighted by molar-refractivity contribution is 0.318. The number of halogens is 2. The summed E-state index contributed by atoms with van der Waals surface area (Å²) in [5.41, 5.74) is 8.44. The van der Waals surface area contributed by atoms with E-state index in [2.05, 4.69) is 10.5 Å². The quantitative estimate of drug-likeness (QED) is 0.350. The second kappa shape index (κ2) is 6.45. The van der Waals surface area contributed by atoms with Crippen molar-refractivity contribution < 1.29 is 9.60 Å². The fourth-order valence-corrected chi connectivity index (χ4v) is 2.08. The minimum Gasteiger partial charge on any atom is -0.409 e. The fourth-order valence-electron chi connectivity index (χ4n) is 1.90. The maximum Gasteiger partial charge on any atom is 0.170 e. The van der Waals surface area contributed by atoms with Gasteiger partial charge in [-0.1, -0.05) is 28.9 Å². The number of nitrogens with two attached hydrogens (primary N) is 1. The highest BCUT2D eigenvalue weighted by atomic mass is 35.5. The first-order chi connectivity index (χ1) is 10.0. The summed E-state index contributed by atoms with van der Waals surface area (Å²) in [5.74, 6) is -0.577. The molecule has 21 heavy (non-hydrogen) atoms. The highest BCUT2D eigenvalue weighted by Gasteiger charge is 2.09. The summed E-state index contributed by atoms with van der Waals surface area (Å²) in [5, 5.41) is 15.5. The van der Waals surface area contributed by atoms with Gasteiger partial charge in [0.1, 0.15) is 5.82 Å². The number of aryl methyl sites for hydroxylation is 1. The van der Waals surface area contributed by atoms with Crippen LogP contribution >= 0.6 is 11.6 Å². The number of benzene rings is 2. The summed E-state index contributed by atoms with van der Waals surface area (Å²) < 4.78 is 13.3. The van der Waals surface area contributed by atoms with E-state index < -0.39 is 5.82 Å². The summed E-state index contributed by atoms with van der Waals surface area (Å²) in [6, 6.07) is 9.75. The lowest BCUT2D eigenvalue weighted by atomic mass is 10.1. The Balaban J connectivity index is 2.21. The third-order valence-corrected chi connectivity index (χ3v) is 3.52. The molecule has 0 amide bonds. The minimum atomic E-state index is -0.446. The van der Waals surface area contributed by atoms with Gasteiger partial charge in [0, 0.05) is 22.8 Å². The Morgan fingerprint density at radius 3 is 2.76 bits per heavy atom. The van der Waals surface area contributed by atoms with Crippen molar-refractivity contribution in [3.05, 3.63) is 63.9 Å². The standard InChI is InChI=1S/C15H15ClFN3O/c1-9-2-5-12(7-14(9)16)19-8-10-3-4-11(17)6-13(10)15(18)20-21/h2-7,19,21H,8H2,1H3,(H2,18,20). The van der Waals surface area contributed by atoms with Gasteiger partial charge in [-0.2, -0.15) is 0 Å². The monoisotopic (exact) mass is 307 g/mol. The molecule has 0 atom stereocenters. The molecule has 0 bridgehead atoms. The van der Waals surface area contributed by atoms with E-state index in [0.29, 0.717) is 22.7 Å². The number of hydrogen-bond donors (Lipinski definition) is 3. The van der Waals surface area contributed by atoms with Crippen LogP contribution < -0.4 is 11.1 Å². The van der Waals surface area contributed by atoms with Gasteiger partial charge in [-0.15, -0.1) is 0 Å². The lowest BCUT2D eigenvalue weighted by Crippen LogP contribution is -2.17. The van der Waals surface area contributed by atoms with Gasteiger partial charge in [-0.05, 0) is 42.3 Å². The molecule has 2 aromatic rings. The third-order valence-electron chi connectivity index (χ3n) is 3.11. The minimum absolute atomic E-state index is 0.131. The molecule has 0 unspecified atom stereocenters. The van der Waals surface area contributed by atoms with E-state index in [1.54, 1.807) is 6.07 Å². The molecular formula is C15H15ClFN3O. The zero-order valence-corrected chi connectivity index (χ0v) is 12.2. The molecule has 4 nitrogen and oxygen atoms in total. The van der Waals surface area contributed by atoms with E-state index in [-0.39, 0.29) is 5.84 Å². The molecule has 0 aliphatic heterocycles. The van der Waals surface area contributed by atoms with Crippen molar-refractivity contribution in [1.29, 1.82) is 0 Å². The molecule has 110 valence electrons. The van der Waals surface area contributed by atoms with Crippen LogP contribution in [0.3, 0.4) is 0 Å². The average Bonchev–Trinajstić information content (AvgIpc) is 2.48. The molecule has 2 rings (SSSR count). The zero-order chi connectivity index (χ0) is 15.4. The van der Waals surface area contributed by atoms with Crippen molar-refractivity contribution in [2.45, 2.75) is 13.5 Å². The molecule has 0 aliphatic rings. The molecule has 0 radical (unpaired) electrons. The Labute approximate surface area is 127 Å². The van der Waals surface area contributed by atoms with Crippen LogP contribution in [0, 0.1) is 12.7 Å². The Kier molecular flexibility index (Phi) is 4.65. The predicted octanol–water partition coefficient (Wildman–Crippen LogP) is 3.49. The molecule has 0 aromatic heterocycles. The van der Waals surface area contributed by atoms with Gasteiger partial charge in [0.15, 0.2) is 5.84 Å². The summed E-state index contributed by atoms with van der Waals surface area (Å²) >= 11 is 6.06. The topological polar surface area (TPSA) is 70.6 Å². The van der Waals surface area contributed by atoms with E-state index >= 15 is 0 Å². The number of hydrogen-bond acceptors (Lipinski definition) is 3. The number of amidine groups is 1. The van der Waals surface area contributed by atoms with Gasteiger partial charge in [0.2, 0.25) is 0 Å². The zero-order valence-electron chi connectivity index (χ0n) is 11.4. The van der Waals surface area contributed by atoms with Gasteiger partial charge in [0.25, 0.3) is 0 Å². The molecular weight excluding hydrogens is 293 g/mol. The highest BCUT2D eigenvalue weighted by molar-refractivity contribution is 6.31. The lowest BCUT2D eigenvalue weighted by Gasteiger charge is -2.11. The SMILES string of the molecule is Cc1ccc(NCc2ccc(F)cc2C(N)=NO)cc1Cl. The van der Waals surface area contributed by atoms with Crippen LogP contribution in [0.1, 0.15) is 16.7 Å². The van der Waals surface area contributed by atoms with Crippen molar-refractivity contribution in [2.75, 3.05) is 5.32 Å².